The molecule has 0 N–H and O–H groups in total. The van der Waals surface area contributed by atoms with E-state index in [1.807, 2.05) is 0 Å². The Kier molecular flexibility index (Phi) is 6.99. The Labute approximate surface area is 383 Å². The first kappa shape index (κ1) is 38.3. The van der Waals surface area contributed by atoms with Crippen LogP contribution in [0.15, 0.2) is 125 Å². The van der Waals surface area contributed by atoms with Gasteiger partial charge in [0, 0.05) is 71.8 Å². The smallest absolute Gasteiger partial charge is 0.329 e. The number of benzene rings is 7. The van der Waals surface area contributed by atoms with Gasteiger partial charge in [-0.05, 0) is 139 Å². The van der Waals surface area contributed by atoms with Crippen molar-refractivity contribution in [3.05, 3.63) is 154 Å². The maximum atomic E-state index is 7.17. The normalized spacial score (nSPS) is 20.1. The van der Waals surface area contributed by atoms with Gasteiger partial charge in [0.05, 0.1) is 0 Å². The molecule has 4 heteroatoms. The van der Waals surface area contributed by atoms with E-state index in [2.05, 4.69) is 194 Å². The van der Waals surface area contributed by atoms with Gasteiger partial charge < -0.3 is 13.8 Å². The van der Waals surface area contributed by atoms with Crippen LogP contribution in [0.3, 0.4) is 0 Å². The van der Waals surface area contributed by atoms with Gasteiger partial charge in [-0.2, -0.15) is 0 Å². The molecule has 14 rings (SSSR count). The molecule has 0 unspecified atom stereocenters. The number of nitrogens with zero attached hydrogens (tertiary/aromatic N) is 2. The molecule has 0 bridgehead atoms. The molecule has 3 nitrogen and oxygen atoms in total. The molecular formula is C61H57BN2O. The molecular weight excluding hydrogens is 787 g/mol. The van der Waals surface area contributed by atoms with Crippen LogP contribution in [0.25, 0.3) is 71.3 Å². The molecule has 3 aliphatic carbocycles. The fourth-order valence-corrected chi connectivity index (χ4v) is 14.0. The lowest BCUT2D eigenvalue weighted by atomic mass is 9.40. The monoisotopic (exact) mass is 844 g/mol. The highest BCUT2D eigenvalue weighted by Crippen LogP contribution is 2.60. The first-order valence-corrected chi connectivity index (χ1v) is 24.3. The minimum atomic E-state index is -0.306. The van der Waals surface area contributed by atoms with E-state index >= 15 is 0 Å². The minimum absolute atomic E-state index is 0.0550. The highest BCUT2D eigenvalue weighted by Gasteiger charge is 2.55. The van der Waals surface area contributed by atoms with Crippen LogP contribution in [0.1, 0.15) is 128 Å². The second-order valence-electron chi connectivity index (χ2n) is 23.8. The van der Waals surface area contributed by atoms with E-state index in [9.17, 15) is 0 Å². The number of furan rings is 1. The van der Waals surface area contributed by atoms with Gasteiger partial charge in [-0.1, -0.05) is 142 Å². The number of aromatic nitrogens is 1. The molecule has 7 aromatic carbocycles. The van der Waals surface area contributed by atoms with Gasteiger partial charge in [0.25, 0.3) is 0 Å². The van der Waals surface area contributed by atoms with Crippen LogP contribution in [0.5, 0.6) is 0 Å². The number of hydrogen-bond donors (Lipinski definition) is 0. The summed E-state index contributed by atoms with van der Waals surface area (Å²) in [6.07, 6.45) is 4.73. The second-order valence-corrected chi connectivity index (χ2v) is 23.8. The number of rotatable bonds is 1. The van der Waals surface area contributed by atoms with E-state index in [-0.39, 0.29) is 33.9 Å². The predicted molar refractivity (Wildman–Crippen MR) is 276 cm³/mol. The number of hydrogen-bond acceptors (Lipinski definition) is 2. The van der Waals surface area contributed by atoms with Crippen LogP contribution in [0.2, 0.25) is 0 Å². The maximum absolute atomic E-state index is 7.17. The van der Waals surface area contributed by atoms with Crippen molar-refractivity contribution in [2.24, 2.45) is 0 Å². The molecule has 0 saturated heterocycles. The van der Waals surface area contributed by atoms with Gasteiger partial charge in [0.2, 0.25) is 0 Å². The third kappa shape index (κ3) is 4.69. The molecule has 320 valence electrons. The predicted octanol–water partition coefficient (Wildman–Crippen LogP) is 15.7. The average molecular weight is 845 g/mol. The van der Waals surface area contributed by atoms with Crippen molar-refractivity contribution in [2.75, 3.05) is 4.90 Å². The van der Waals surface area contributed by atoms with Crippen LogP contribution in [0, 0.1) is 0 Å². The largest absolute Gasteiger partial charge is 0.455 e. The summed E-state index contributed by atoms with van der Waals surface area (Å²) < 4.78 is 9.94. The summed E-state index contributed by atoms with van der Waals surface area (Å²) in [5.74, 6) is 0. The maximum Gasteiger partial charge on any atom is 0.329 e. The standard InChI is InChI=1S/C61H57BN2O/c1-57(2)24-25-58(3,4)45-30-36(22-23-43(45)57)63-49-32-41-37-18-13-14-21-50(37)65-55(41)51-39-20-15-19-38-40-28-34-16-11-12-17-35(34)29-48(40)64(53(38)39)62(52(49)51)56-54(63)42-31-46-47(33-44(42)61(56,9)10)60(7,8)27-26-59(46,5)6/h11-23,28-33H,24-27H2,1-10H3. The van der Waals surface area contributed by atoms with Crippen LogP contribution in [0.4, 0.5) is 11.4 Å². The first-order chi connectivity index (χ1) is 31.0. The van der Waals surface area contributed by atoms with Crippen molar-refractivity contribution in [2.45, 2.75) is 122 Å². The molecule has 2 aromatic heterocycles. The summed E-state index contributed by atoms with van der Waals surface area (Å²) in [4.78, 5) is 2.75. The lowest BCUT2D eigenvalue weighted by molar-refractivity contribution is 0.331. The van der Waals surface area contributed by atoms with E-state index in [0.29, 0.717) is 0 Å². The van der Waals surface area contributed by atoms with Gasteiger partial charge in [-0.15, -0.1) is 0 Å². The Bertz CT molecular complexity index is 3710. The molecule has 9 aromatic rings. The lowest BCUT2D eigenvalue weighted by Crippen LogP contribution is -2.52. The van der Waals surface area contributed by atoms with Gasteiger partial charge in [0.1, 0.15) is 11.2 Å². The van der Waals surface area contributed by atoms with Gasteiger partial charge in [-0.25, -0.2) is 0 Å². The molecule has 4 heterocycles. The molecule has 0 spiro atoms. The third-order valence-corrected chi connectivity index (χ3v) is 17.9. The Morgan fingerprint density at radius 2 is 1.14 bits per heavy atom. The number of para-hydroxylation sites is 2. The van der Waals surface area contributed by atoms with Crippen molar-refractivity contribution in [3.63, 3.8) is 0 Å². The lowest BCUT2D eigenvalue weighted by Gasteiger charge is -2.45. The summed E-state index contributed by atoms with van der Waals surface area (Å²) in [5, 5.41) is 7.52. The van der Waals surface area contributed by atoms with E-state index in [1.54, 1.807) is 0 Å². The van der Waals surface area contributed by atoms with Gasteiger partial charge in [0.15, 0.2) is 0 Å². The summed E-state index contributed by atoms with van der Waals surface area (Å²) in [7, 11) is 0. The zero-order chi connectivity index (χ0) is 44.5. The average Bonchev–Trinajstić information content (AvgIpc) is 3.89. The molecule has 2 aliphatic heterocycles. The van der Waals surface area contributed by atoms with Gasteiger partial charge in [-0.3, -0.25) is 0 Å². The van der Waals surface area contributed by atoms with Crippen LogP contribution < -0.4 is 10.4 Å². The summed E-state index contributed by atoms with van der Waals surface area (Å²) in [5.41, 5.74) is 22.6. The molecule has 65 heavy (non-hydrogen) atoms. The zero-order valence-corrected chi connectivity index (χ0v) is 39.7. The Morgan fingerprint density at radius 3 is 1.88 bits per heavy atom. The van der Waals surface area contributed by atoms with Crippen LogP contribution in [-0.2, 0) is 27.1 Å². The van der Waals surface area contributed by atoms with Crippen molar-refractivity contribution in [1.82, 2.24) is 4.48 Å². The fraction of sp³-hybridized carbons (Fsp3) is 0.311. The van der Waals surface area contributed by atoms with E-state index < -0.39 is 0 Å². The van der Waals surface area contributed by atoms with E-state index in [4.69, 9.17) is 4.42 Å². The quantitative estimate of drug-likeness (QED) is 0.154. The van der Waals surface area contributed by atoms with Crippen molar-refractivity contribution in [3.8, 4) is 11.1 Å². The first-order valence-electron chi connectivity index (χ1n) is 24.3. The Balaban J connectivity index is 1.19. The summed E-state index contributed by atoms with van der Waals surface area (Å²) in [6, 6.07) is 45.0. The molecule has 0 saturated carbocycles. The van der Waals surface area contributed by atoms with Gasteiger partial charge >= 0.3 is 6.85 Å². The minimum Gasteiger partial charge on any atom is -0.455 e. The zero-order valence-electron chi connectivity index (χ0n) is 39.7. The SMILES string of the molecule is CC1(C)CCC(C)(C)c2cc(N3C4=C(B5c6c3cc3c(oc7ccccc73)c6-c3cccc6c7cc8ccccc8cc7n5c36)C(C)(C)c3cc5c(cc34)C(C)(C)CCC5(C)C)ccc21. The Hall–Kier alpha value is -6.00. The molecule has 0 radical (unpaired) electrons. The molecule has 0 atom stereocenters. The van der Waals surface area contributed by atoms with E-state index in [0.717, 1.165) is 11.2 Å². The molecule has 5 aliphatic rings. The second kappa shape index (κ2) is 11.9. The third-order valence-electron chi connectivity index (χ3n) is 17.9. The highest BCUT2D eigenvalue weighted by atomic mass is 16.3. The number of anilines is 2. The summed E-state index contributed by atoms with van der Waals surface area (Å²) in [6.45, 7) is 24.8. The summed E-state index contributed by atoms with van der Waals surface area (Å²) >= 11 is 0. The topological polar surface area (TPSA) is 21.3 Å². The Morgan fingerprint density at radius 1 is 0.508 bits per heavy atom. The van der Waals surface area contributed by atoms with Crippen molar-refractivity contribution in [1.29, 1.82) is 0 Å². The number of fused-ring (bicyclic) bond motifs is 15. The highest BCUT2D eigenvalue weighted by molar-refractivity contribution is 6.86. The van der Waals surface area contributed by atoms with E-state index in [1.165, 1.54) is 142 Å². The fourth-order valence-electron chi connectivity index (χ4n) is 14.0. The number of allylic oxidation sites excluding steroid dienone is 1. The van der Waals surface area contributed by atoms with Crippen LogP contribution in [-0.4, -0.2) is 11.3 Å². The van der Waals surface area contributed by atoms with Crippen molar-refractivity contribution < 1.29 is 4.42 Å². The van der Waals surface area contributed by atoms with Crippen molar-refractivity contribution >= 4 is 83.9 Å². The molecule has 0 fully saturated rings. The van der Waals surface area contributed by atoms with Crippen LogP contribution >= 0.6 is 0 Å². The molecule has 0 amide bonds.